The zero-order chi connectivity index (χ0) is 21.7. The van der Waals surface area contributed by atoms with Gasteiger partial charge in [-0.1, -0.05) is 0 Å². The van der Waals surface area contributed by atoms with Crippen LogP contribution in [0.4, 0.5) is 5.82 Å². The Balaban J connectivity index is 1.51. The van der Waals surface area contributed by atoms with E-state index in [0.717, 1.165) is 78.2 Å². The Kier molecular flexibility index (Phi) is 4.90. The standard InChI is InChI=1S/C23H26N6O2S/c1-15-14-30-12-10-28(15)18-13-16(23(24-2)7-8-23)22-21(26-18)20(27-32-22)17-6-9-25-29(17)19-5-3-4-11-31-19/h6,9,13,15,19H,3-5,7-8,10-12,14H2,1H3/t15-,19?/m1/s1. The Morgan fingerprint density at radius 3 is 2.94 bits per heavy atom. The number of ether oxygens (including phenoxy) is 2. The maximum atomic E-state index is 7.87. The number of morpholine rings is 1. The lowest BCUT2D eigenvalue weighted by atomic mass is 10.0. The van der Waals surface area contributed by atoms with Crippen LogP contribution in [-0.2, 0) is 15.0 Å². The average Bonchev–Trinajstić information content (AvgIpc) is 3.28. The minimum atomic E-state index is -0.429. The van der Waals surface area contributed by atoms with Crippen molar-refractivity contribution < 1.29 is 9.47 Å². The molecule has 0 amide bonds. The lowest BCUT2D eigenvalue weighted by molar-refractivity contribution is -0.0383. The van der Waals surface area contributed by atoms with Crippen LogP contribution in [0.3, 0.4) is 0 Å². The van der Waals surface area contributed by atoms with E-state index in [0.29, 0.717) is 13.2 Å². The first-order valence-corrected chi connectivity index (χ1v) is 12.2. The van der Waals surface area contributed by atoms with Crippen molar-refractivity contribution in [3.8, 4) is 11.4 Å². The van der Waals surface area contributed by atoms with Crippen molar-refractivity contribution in [1.82, 2.24) is 19.1 Å². The fourth-order valence-corrected chi connectivity index (χ4v) is 5.78. The molecular weight excluding hydrogens is 424 g/mol. The molecule has 3 fully saturated rings. The third-order valence-electron chi connectivity index (χ3n) is 6.85. The fraction of sp³-hybridized carbons (Fsp3) is 0.565. The van der Waals surface area contributed by atoms with Crippen molar-refractivity contribution in [1.29, 1.82) is 0 Å². The van der Waals surface area contributed by atoms with E-state index < -0.39 is 5.54 Å². The van der Waals surface area contributed by atoms with Crippen LogP contribution < -0.4 is 4.90 Å². The molecule has 1 aliphatic carbocycles. The van der Waals surface area contributed by atoms with Crippen LogP contribution >= 0.6 is 11.5 Å². The van der Waals surface area contributed by atoms with Gasteiger partial charge in [-0.2, -0.15) is 9.47 Å². The number of hydrogen-bond acceptors (Lipinski definition) is 7. The molecule has 0 spiro atoms. The van der Waals surface area contributed by atoms with E-state index in [1.165, 1.54) is 11.5 Å². The molecule has 0 radical (unpaired) electrons. The molecule has 5 heterocycles. The third kappa shape index (κ3) is 3.20. The van der Waals surface area contributed by atoms with Crippen molar-refractivity contribution >= 4 is 27.6 Å². The minimum absolute atomic E-state index is 0.0644. The van der Waals surface area contributed by atoms with Crippen LogP contribution in [0.1, 0.15) is 50.8 Å². The molecule has 3 aliphatic rings. The second-order valence-electron chi connectivity index (χ2n) is 8.98. The molecule has 0 aromatic carbocycles. The maximum Gasteiger partial charge on any atom is 0.259 e. The van der Waals surface area contributed by atoms with E-state index >= 15 is 0 Å². The van der Waals surface area contributed by atoms with Gasteiger partial charge in [0.25, 0.3) is 5.54 Å². The maximum absolute atomic E-state index is 7.87. The van der Waals surface area contributed by atoms with E-state index in [-0.39, 0.29) is 12.3 Å². The number of aromatic nitrogens is 4. The molecule has 2 saturated heterocycles. The molecule has 6 rings (SSSR count). The number of rotatable bonds is 4. The largest absolute Gasteiger partial charge is 0.377 e. The highest BCUT2D eigenvalue weighted by Gasteiger charge is 2.54. The second kappa shape index (κ2) is 7.80. The predicted octanol–water partition coefficient (Wildman–Crippen LogP) is 4.39. The zero-order valence-corrected chi connectivity index (χ0v) is 19.0. The molecule has 8 nitrogen and oxygen atoms in total. The Morgan fingerprint density at radius 2 is 2.19 bits per heavy atom. The summed E-state index contributed by atoms with van der Waals surface area (Å²) in [4.78, 5) is 11.5. The van der Waals surface area contributed by atoms with Gasteiger partial charge in [0.1, 0.15) is 17.0 Å². The Morgan fingerprint density at radius 1 is 1.28 bits per heavy atom. The lowest BCUT2D eigenvalue weighted by Gasteiger charge is -2.34. The quantitative estimate of drug-likeness (QED) is 0.549. The highest BCUT2D eigenvalue weighted by atomic mass is 32.1. The van der Waals surface area contributed by atoms with Crippen LogP contribution in [0.2, 0.25) is 0 Å². The van der Waals surface area contributed by atoms with E-state index in [1.54, 1.807) is 0 Å². The van der Waals surface area contributed by atoms with E-state index in [1.807, 2.05) is 16.9 Å². The zero-order valence-electron chi connectivity index (χ0n) is 18.2. The summed E-state index contributed by atoms with van der Waals surface area (Å²) in [6.45, 7) is 13.0. The second-order valence-corrected chi connectivity index (χ2v) is 9.75. The molecule has 1 saturated carbocycles. The molecule has 0 bridgehead atoms. The summed E-state index contributed by atoms with van der Waals surface area (Å²) in [5.41, 5.74) is 3.29. The van der Waals surface area contributed by atoms with E-state index in [9.17, 15) is 0 Å². The summed E-state index contributed by atoms with van der Waals surface area (Å²) in [6, 6.07) is 4.37. The summed E-state index contributed by atoms with van der Waals surface area (Å²) < 4.78 is 19.5. The Hall–Kier alpha value is -2.54. The van der Waals surface area contributed by atoms with Crippen molar-refractivity contribution in [2.45, 2.75) is 56.8 Å². The van der Waals surface area contributed by atoms with Crippen LogP contribution in [0, 0.1) is 6.57 Å². The molecule has 166 valence electrons. The highest BCUT2D eigenvalue weighted by Crippen LogP contribution is 2.53. The topological polar surface area (TPSA) is 69.7 Å². The molecule has 0 N–H and O–H groups in total. The Bertz CT molecular complexity index is 1190. The lowest BCUT2D eigenvalue weighted by Crippen LogP contribution is -2.44. The normalized spacial score (nSPS) is 25.1. The molecule has 32 heavy (non-hydrogen) atoms. The third-order valence-corrected chi connectivity index (χ3v) is 7.72. The van der Waals surface area contributed by atoms with Crippen molar-refractivity contribution in [2.24, 2.45) is 0 Å². The van der Waals surface area contributed by atoms with Gasteiger partial charge >= 0.3 is 0 Å². The van der Waals surface area contributed by atoms with Gasteiger partial charge in [-0.15, -0.1) is 0 Å². The molecule has 9 heteroatoms. The molecular formula is C23H26N6O2S. The van der Waals surface area contributed by atoms with Gasteiger partial charge in [0, 0.05) is 32.2 Å². The van der Waals surface area contributed by atoms with Crippen molar-refractivity contribution in [3.05, 3.63) is 35.3 Å². The summed E-state index contributed by atoms with van der Waals surface area (Å²) in [5, 5.41) is 4.58. The van der Waals surface area contributed by atoms with Gasteiger partial charge in [-0.25, -0.2) is 16.2 Å². The van der Waals surface area contributed by atoms with Crippen LogP contribution in [0.25, 0.3) is 26.4 Å². The number of nitrogens with zero attached hydrogens (tertiary/aromatic N) is 6. The minimum Gasteiger partial charge on any atom is -0.377 e. The number of fused-ring (bicyclic) bond motifs is 1. The summed E-state index contributed by atoms with van der Waals surface area (Å²) in [6.07, 6.45) is 6.73. The van der Waals surface area contributed by atoms with E-state index in [2.05, 4.69) is 27.8 Å². The van der Waals surface area contributed by atoms with Gasteiger partial charge in [0.15, 0.2) is 6.23 Å². The van der Waals surface area contributed by atoms with Gasteiger partial charge in [0.2, 0.25) is 0 Å². The summed E-state index contributed by atoms with van der Waals surface area (Å²) in [7, 11) is 0. The number of hydrogen-bond donors (Lipinski definition) is 0. The van der Waals surface area contributed by atoms with Gasteiger partial charge < -0.3 is 19.2 Å². The average molecular weight is 451 g/mol. The molecule has 3 aromatic rings. The number of anilines is 1. The van der Waals surface area contributed by atoms with Crippen molar-refractivity contribution in [2.75, 3.05) is 31.3 Å². The van der Waals surface area contributed by atoms with Crippen LogP contribution in [0.5, 0.6) is 0 Å². The van der Waals surface area contributed by atoms with Crippen LogP contribution in [-0.4, -0.2) is 51.5 Å². The highest BCUT2D eigenvalue weighted by molar-refractivity contribution is 7.13. The Labute approximate surface area is 191 Å². The van der Waals surface area contributed by atoms with Crippen LogP contribution in [0.15, 0.2) is 18.3 Å². The molecule has 2 aliphatic heterocycles. The summed E-state index contributed by atoms with van der Waals surface area (Å²) >= 11 is 1.45. The predicted molar refractivity (Wildman–Crippen MR) is 123 cm³/mol. The summed E-state index contributed by atoms with van der Waals surface area (Å²) in [5.74, 6) is 0.916. The first-order valence-electron chi connectivity index (χ1n) is 11.4. The molecule has 3 aromatic heterocycles. The number of pyridine rings is 1. The van der Waals surface area contributed by atoms with E-state index in [4.69, 9.17) is 25.4 Å². The monoisotopic (exact) mass is 450 g/mol. The SMILES string of the molecule is [C-]#[N+]C1(c2cc(N3CCOC[C@H]3C)nc3c(-c4ccnn4C4CCCCO4)nsc23)CC1. The molecule has 2 atom stereocenters. The van der Waals surface area contributed by atoms with Gasteiger partial charge in [0.05, 0.1) is 35.2 Å². The first kappa shape index (κ1) is 20.1. The smallest absolute Gasteiger partial charge is 0.259 e. The van der Waals surface area contributed by atoms with Gasteiger partial charge in [-0.3, -0.25) is 0 Å². The first-order chi connectivity index (χ1) is 15.7. The van der Waals surface area contributed by atoms with Crippen molar-refractivity contribution in [3.63, 3.8) is 0 Å². The molecule has 1 unspecified atom stereocenters. The van der Waals surface area contributed by atoms with Gasteiger partial charge in [-0.05, 0) is 49.9 Å². The fourth-order valence-electron chi connectivity index (χ4n) is 4.84.